The fourth-order valence-corrected chi connectivity index (χ4v) is 5.52. The minimum atomic E-state index is -4.21. The van der Waals surface area contributed by atoms with E-state index in [2.05, 4.69) is 10.0 Å². The van der Waals surface area contributed by atoms with E-state index in [4.69, 9.17) is 23.2 Å². The van der Waals surface area contributed by atoms with Gasteiger partial charge in [-0.25, -0.2) is 17.1 Å². The second kappa shape index (κ2) is 11.0. The van der Waals surface area contributed by atoms with Crippen LogP contribution in [0.25, 0.3) is 0 Å². The van der Waals surface area contributed by atoms with Crippen LogP contribution in [0.1, 0.15) is 0 Å². The Balaban J connectivity index is 1.77. The molecule has 0 radical (unpaired) electrons. The van der Waals surface area contributed by atoms with Crippen LogP contribution in [-0.4, -0.2) is 47.7 Å². The first-order valence-electron chi connectivity index (χ1n) is 10.1. The number of hydrogen-bond acceptors (Lipinski definition) is 5. The Morgan fingerprint density at radius 1 is 0.917 bits per heavy atom. The predicted octanol–water partition coefficient (Wildman–Crippen LogP) is 4.18. The smallest absolute Gasteiger partial charge is 0.304 e. The quantitative estimate of drug-likeness (QED) is 0.397. The molecule has 0 aliphatic heterocycles. The van der Waals surface area contributed by atoms with Crippen LogP contribution in [0.2, 0.25) is 10.0 Å². The monoisotopic (exact) mass is 574 g/mol. The Bertz CT molecular complexity index is 1480. The van der Waals surface area contributed by atoms with Gasteiger partial charge in [-0.15, -0.1) is 0 Å². The van der Waals surface area contributed by atoms with Gasteiger partial charge >= 0.3 is 10.2 Å². The summed E-state index contributed by atoms with van der Waals surface area (Å²) in [7, 11) is -5.72. The highest BCUT2D eigenvalue weighted by atomic mass is 35.5. The van der Waals surface area contributed by atoms with Crippen molar-refractivity contribution in [2.45, 2.75) is 4.90 Å². The van der Waals surface area contributed by atoms with Crippen LogP contribution in [0.4, 0.5) is 21.5 Å². The van der Waals surface area contributed by atoms with E-state index in [0.717, 1.165) is 10.4 Å². The number of amides is 1. The van der Waals surface area contributed by atoms with Crippen molar-refractivity contribution >= 4 is 66.4 Å². The van der Waals surface area contributed by atoms with Gasteiger partial charge in [0.25, 0.3) is 10.0 Å². The van der Waals surface area contributed by atoms with E-state index < -0.39 is 38.5 Å². The number of nitrogens with one attached hydrogen (secondary N) is 2. The summed E-state index contributed by atoms with van der Waals surface area (Å²) in [5.41, 5.74) is -0.0131. The molecule has 0 spiro atoms. The largest absolute Gasteiger partial charge is 0.325 e. The number of halogens is 3. The zero-order valence-electron chi connectivity index (χ0n) is 18.9. The Hall–Kier alpha value is -2.90. The van der Waals surface area contributed by atoms with Crippen LogP contribution in [-0.2, 0) is 25.0 Å². The summed E-state index contributed by atoms with van der Waals surface area (Å²) in [6, 6.07) is 14.8. The lowest BCUT2D eigenvalue weighted by Crippen LogP contribution is -2.44. The van der Waals surface area contributed by atoms with Gasteiger partial charge < -0.3 is 5.32 Å². The molecule has 0 saturated carbocycles. The van der Waals surface area contributed by atoms with E-state index >= 15 is 0 Å². The van der Waals surface area contributed by atoms with Crippen molar-refractivity contribution in [3.05, 3.63) is 82.6 Å². The normalized spacial score (nSPS) is 11.8. The number of rotatable bonds is 9. The summed E-state index contributed by atoms with van der Waals surface area (Å²) in [6.07, 6.45) is 0. The van der Waals surface area contributed by atoms with Crippen LogP contribution >= 0.6 is 23.2 Å². The molecule has 1 amide bonds. The molecule has 0 aliphatic rings. The molecule has 0 atom stereocenters. The number of nitrogens with zero attached hydrogens (tertiary/aromatic N) is 2. The van der Waals surface area contributed by atoms with Crippen molar-refractivity contribution in [2.75, 3.05) is 35.0 Å². The number of benzene rings is 3. The molecule has 3 aromatic carbocycles. The van der Waals surface area contributed by atoms with Crippen molar-refractivity contribution in [1.82, 2.24) is 4.31 Å². The fraction of sp³-hybridized carbons (Fsp3) is 0.136. The highest BCUT2D eigenvalue weighted by Crippen LogP contribution is 2.31. The molecule has 0 fully saturated rings. The van der Waals surface area contributed by atoms with Gasteiger partial charge in [0.15, 0.2) is 0 Å². The van der Waals surface area contributed by atoms with Crippen LogP contribution in [0, 0.1) is 5.82 Å². The first kappa shape index (κ1) is 27.7. The first-order chi connectivity index (χ1) is 16.8. The van der Waals surface area contributed by atoms with Crippen molar-refractivity contribution in [2.24, 2.45) is 0 Å². The summed E-state index contributed by atoms with van der Waals surface area (Å²) in [6.45, 7) is -0.726. The zero-order valence-corrected chi connectivity index (χ0v) is 22.1. The van der Waals surface area contributed by atoms with Gasteiger partial charge in [0, 0.05) is 19.8 Å². The topological polar surface area (TPSA) is 116 Å². The Morgan fingerprint density at radius 3 is 2.17 bits per heavy atom. The number of hydrogen-bond donors (Lipinski definition) is 2. The third-order valence-corrected chi connectivity index (χ3v) is 8.80. The maximum Gasteiger partial charge on any atom is 0.304 e. The van der Waals surface area contributed by atoms with Gasteiger partial charge in [-0.3, -0.25) is 9.52 Å². The van der Waals surface area contributed by atoms with E-state index in [1.165, 1.54) is 74.8 Å². The average molecular weight is 575 g/mol. The molecule has 192 valence electrons. The molecule has 0 aliphatic carbocycles. The molecule has 3 rings (SSSR count). The third-order valence-electron chi connectivity index (χ3n) is 4.79. The maximum absolute atomic E-state index is 14.3. The van der Waals surface area contributed by atoms with Crippen LogP contribution in [0.3, 0.4) is 0 Å². The van der Waals surface area contributed by atoms with E-state index in [9.17, 15) is 26.0 Å². The lowest BCUT2D eigenvalue weighted by molar-refractivity contribution is -0.114. The van der Waals surface area contributed by atoms with Gasteiger partial charge in [-0.2, -0.15) is 12.7 Å². The third kappa shape index (κ3) is 6.26. The van der Waals surface area contributed by atoms with Crippen molar-refractivity contribution in [3.63, 3.8) is 0 Å². The van der Waals surface area contributed by atoms with Gasteiger partial charge in [0.2, 0.25) is 5.91 Å². The summed E-state index contributed by atoms with van der Waals surface area (Å²) in [5, 5.41) is 2.69. The Labute approximate surface area is 218 Å². The second-order valence-corrected chi connectivity index (χ2v) is 12.1. The van der Waals surface area contributed by atoms with Gasteiger partial charge in [0.05, 0.1) is 26.3 Å². The molecular formula is C22H21Cl2FN4O5S2. The second-order valence-electron chi connectivity index (χ2n) is 7.53. The Kier molecular flexibility index (Phi) is 8.47. The number of para-hydroxylation sites is 1. The van der Waals surface area contributed by atoms with Crippen LogP contribution in [0.5, 0.6) is 0 Å². The molecule has 36 heavy (non-hydrogen) atoms. The minimum Gasteiger partial charge on any atom is -0.325 e. The Morgan fingerprint density at radius 2 is 1.56 bits per heavy atom. The van der Waals surface area contributed by atoms with E-state index in [1.807, 2.05) is 0 Å². The lowest BCUT2D eigenvalue weighted by Gasteiger charge is -2.27. The number of anilines is 3. The van der Waals surface area contributed by atoms with E-state index in [-0.39, 0.29) is 32.0 Å². The zero-order chi connectivity index (χ0) is 26.7. The van der Waals surface area contributed by atoms with Crippen LogP contribution < -0.4 is 14.3 Å². The molecule has 9 nitrogen and oxygen atoms in total. The summed E-state index contributed by atoms with van der Waals surface area (Å²) in [4.78, 5) is 12.5. The van der Waals surface area contributed by atoms with Gasteiger partial charge in [-0.05, 0) is 48.5 Å². The van der Waals surface area contributed by atoms with Gasteiger partial charge in [-0.1, -0.05) is 41.4 Å². The molecule has 3 aromatic rings. The number of carbonyl (C=O) groups excluding carboxylic acids is 1. The van der Waals surface area contributed by atoms with Crippen molar-refractivity contribution < 1.29 is 26.0 Å². The molecule has 0 bridgehead atoms. The van der Waals surface area contributed by atoms with Crippen LogP contribution in [0.15, 0.2) is 71.6 Å². The molecule has 0 aromatic heterocycles. The number of carbonyl (C=O) groups is 1. The lowest BCUT2D eigenvalue weighted by atomic mass is 10.3. The van der Waals surface area contributed by atoms with E-state index in [0.29, 0.717) is 4.31 Å². The average Bonchev–Trinajstić information content (AvgIpc) is 2.81. The minimum absolute atomic E-state index is 0.0405. The molecule has 2 N–H and O–H groups in total. The fourth-order valence-electron chi connectivity index (χ4n) is 2.98. The summed E-state index contributed by atoms with van der Waals surface area (Å²) < 4.78 is 69.0. The standard InChI is InChI=1S/C22H21Cl2FN4O5S2/c1-28(2)36(33,34)29(20-9-4-3-7-18(20)25)14-21(30)26-15-10-12-16(13-11-15)35(31,32)27-19-8-5-6-17(23)22(19)24/h3-13,27H,14H2,1-2H3,(H,26,30). The molecular weight excluding hydrogens is 554 g/mol. The molecule has 0 unspecified atom stereocenters. The number of sulfonamides is 1. The van der Waals surface area contributed by atoms with Crippen molar-refractivity contribution in [3.8, 4) is 0 Å². The van der Waals surface area contributed by atoms with Gasteiger partial charge in [0.1, 0.15) is 12.4 Å². The van der Waals surface area contributed by atoms with Crippen molar-refractivity contribution in [1.29, 1.82) is 0 Å². The summed E-state index contributed by atoms with van der Waals surface area (Å²) in [5.74, 6) is -1.60. The highest BCUT2D eigenvalue weighted by molar-refractivity contribution is 7.92. The highest BCUT2D eigenvalue weighted by Gasteiger charge is 2.29. The molecule has 0 saturated heterocycles. The van der Waals surface area contributed by atoms with E-state index in [1.54, 1.807) is 0 Å². The molecule has 0 heterocycles. The predicted molar refractivity (Wildman–Crippen MR) is 139 cm³/mol. The molecule has 14 heteroatoms. The summed E-state index contributed by atoms with van der Waals surface area (Å²) >= 11 is 12.0. The SMILES string of the molecule is CN(C)S(=O)(=O)N(CC(=O)Nc1ccc(S(=O)(=O)Nc2cccc(Cl)c2Cl)cc1)c1ccccc1F. The maximum atomic E-state index is 14.3. The first-order valence-corrected chi connectivity index (χ1v) is 13.8.